The van der Waals surface area contributed by atoms with Gasteiger partial charge in [0.05, 0.1) is 6.20 Å². The Bertz CT molecular complexity index is 703. The second kappa shape index (κ2) is 7.29. The van der Waals surface area contributed by atoms with E-state index in [9.17, 15) is 9.18 Å². The molecule has 1 unspecified atom stereocenters. The fraction of sp³-hybridized carbons (Fsp3) is 0.333. The quantitative estimate of drug-likeness (QED) is 0.915. The van der Waals surface area contributed by atoms with E-state index < -0.39 is 6.10 Å². The first-order valence-corrected chi connectivity index (χ1v) is 8.05. The number of halogens is 1. The largest absolute Gasteiger partial charge is 0.479 e. The molecule has 1 amide bonds. The Morgan fingerprint density at radius 1 is 1.33 bits per heavy atom. The fourth-order valence-electron chi connectivity index (χ4n) is 2.72. The van der Waals surface area contributed by atoms with E-state index in [4.69, 9.17) is 4.74 Å². The first-order valence-electron chi connectivity index (χ1n) is 8.05. The van der Waals surface area contributed by atoms with Crippen LogP contribution in [0.4, 0.5) is 15.8 Å². The van der Waals surface area contributed by atoms with Crippen molar-refractivity contribution < 1.29 is 13.9 Å². The number of nitrogens with zero attached hydrogens (tertiary/aromatic N) is 2. The summed E-state index contributed by atoms with van der Waals surface area (Å²) < 4.78 is 19.4. The molecule has 1 aliphatic rings. The van der Waals surface area contributed by atoms with Crippen LogP contribution in [0, 0.1) is 5.82 Å². The molecule has 6 heteroatoms. The monoisotopic (exact) mass is 329 g/mol. The molecule has 1 atom stereocenters. The third kappa shape index (κ3) is 4.01. The summed E-state index contributed by atoms with van der Waals surface area (Å²) in [7, 11) is 0. The molecule has 0 saturated carbocycles. The van der Waals surface area contributed by atoms with Gasteiger partial charge in [-0.2, -0.15) is 0 Å². The van der Waals surface area contributed by atoms with Crippen molar-refractivity contribution in [2.75, 3.05) is 23.3 Å². The lowest BCUT2D eigenvalue weighted by Gasteiger charge is -2.19. The van der Waals surface area contributed by atoms with Crippen molar-refractivity contribution in [3.8, 4) is 5.75 Å². The number of anilines is 2. The Hall–Kier alpha value is -2.63. The van der Waals surface area contributed by atoms with E-state index in [2.05, 4.69) is 15.2 Å². The van der Waals surface area contributed by atoms with Crippen molar-refractivity contribution in [3.05, 3.63) is 48.5 Å². The van der Waals surface area contributed by atoms with Gasteiger partial charge in [0.15, 0.2) is 6.10 Å². The van der Waals surface area contributed by atoms with E-state index in [0.717, 1.165) is 31.6 Å². The number of amides is 1. The normalized spacial score (nSPS) is 15.2. The predicted octanol–water partition coefficient (Wildman–Crippen LogP) is 3.23. The van der Waals surface area contributed by atoms with E-state index in [0.29, 0.717) is 11.4 Å². The summed E-state index contributed by atoms with van der Waals surface area (Å²) in [5.74, 6) is -0.190. The van der Waals surface area contributed by atoms with Crippen molar-refractivity contribution >= 4 is 17.3 Å². The molecule has 2 aromatic rings. The highest BCUT2D eigenvalue weighted by atomic mass is 19.1. The van der Waals surface area contributed by atoms with Gasteiger partial charge in [-0.25, -0.2) is 4.39 Å². The molecule has 0 spiro atoms. The van der Waals surface area contributed by atoms with Gasteiger partial charge >= 0.3 is 0 Å². The molecule has 1 fully saturated rings. The van der Waals surface area contributed by atoms with Crippen LogP contribution < -0.4 is 15.0 Å². The first-order chi connectivity index (χ1) is 11.6. The van der Waals surface area contributed by atoms with Crippen LogP contribution in [0.1, 0.15) is 19.8 Å². The molecule has 126 valence electrons. The summed E-state index contributed by atoms with van der Waals surface area (Å²) in [4.78, 5) is 18.3. The lowest BCUT2D eigenvalue weighted by Crippen LogP contribution is -2.30. The molecule has 24 heavy (non-hydrogen) atoms. The van der Waals surface area contributed by atoms with Crippen molar-refractivity contribution in [2.24, 2.45) is 0 Å². The van der Waals surface area contributed by atoms with Crippen LogP contribution in [-0.4, -0.2) is 30.1 Å². The molecule has 1 N–H and O–H groups in total. The standard InChI is InChI=1S/C18H20FN3O2/c1-13(24-17-5-4-6-20-12-17)18(23)21-15-9-14(19)10-16(11-15)22-7-2-3-8-22/h4-6,9-13H,2-3,7-8H2,1H3,(H,21,23). The number of hydrogen-bond acceptors (Lipinski definition) is 4. The molecule has 0 bridgehead atoms. The van der Waals surface area contributed by atoms with Crippen molar-refractivity contribution in [1.82, 2.24) is 4.98 Å². The highest BCUT2D eigenvalue weighted by Crippen LogP contribution is 2.25. The third-order valence-electron chi connectivity index (χ3n) is 3.94. The number of carbonyl (C=O) groups is 1. The van der Waals surface area contributed by atoms with E-state index in [-0.39, 0.29) is 11.7 Å². The number of benzene rings is 1. The number of carbonyl (C=O) groups excluding carboxylic acids is 1. The van der Waals surface area contributed by atoms with Crippen LogP contribution in [0.15, 0.2) is 42.7 Å². The molecule has 1 aromatic carbocycles. The average Bonchev–Trinajstić information content (AvgIpc) is 3.09. The molecule has 2 heterocycles. The Labute approximate surface area is 140 Å². The average molecular weight is 329 g/mol. The maximum Gasteiger partial charge on any atom is 0.265 e. The molecular weight excluding hydrogens is 309 g/mol. The minimum Gasteiger partial charge on any atom is -0.479 e. The summed E-state index contributed by atoms with van der Waals surface area (Å²) in [6, 6.07) is 8.06. The highest BCUT2D eigenvalue weighted by Gasteiger charge is 2.18. The fourth-order valence-corrected chi connectivity index (χ4v) is 2.72. The van der Waals surface area contributed by atoms with E-state index >= 15 is 0 Å². The molecule has 0 radical (unpaired) electrons. The predicted molar refractivity (Wildman–Crippen MR) is 90.8 cm³/mol. The molecule has 1 aliphatic heterocycles. The summed E-state index contributed by atoms with van der Waals surface area (Å²) in [5, 5.41) is 2.72. The summed E-state index contributed by atoms with van der Waals surface area (Å²) in [5.41, 5.74) is 1.23. The minimum atomic E-state index is -0.715. The number of hydrogen-bond donors (Lipinski definition) is 1. The number of aromatic nitrogens is 1. The van der Waals surface area contributed by atoms with Gasteiger partial charge in [-0.1, -0.05) is 0 Å². The lowest BCUT2D eigenvalue weighted by atomic mass is 10.2. The number of ether oxygens (including phenoxy) is 1. The van der Waals surface area contributed by atoms with Crippen LogP contribution in [0.5, 0.6) is 5.75 Å². The van der Waals surface area contributed by atoms with Gasteiger partial charge in [0, 0.05) is 30.7 Å². The zero-order valence-electron chi connectivity index (χ0n) is 13.5. The molecule has 0 aliphatic carbocycles. The van der Waals surface area contributed by atoms with Gasteiger partial charge in [0.1, 0.15) is 11.6 Å². The second-order valence-corrected chi connectivity index (χ2v) is 5.83. The molecular formula is C18H20FN3O2. The molecule has 1 aromatic heterocycles. The smallest absolute Gasteiger partial charge is 0.265 e. The third-order valence-corrected chi connectivity index (χ3v) is 3.94. The molecule has 3 rings (SSSR count). The Morgan fingerprint density at radius 2 is 2.12 bits per heavy atom. The maximum absolute atomic E-state index is 13.9. The van der Waals surface area contributed by atoms with Gasteiger partial charge in [-0.05, 0) is 50.1 Å². The Morgan fingerprint density at radius 3 is 2.83 bits per heavy atom. The lowest BCUT2D eigenvalue weighted by molar-refractivity contribution is -0.122. The zero-order chi connectivity index (χ0) is 16.9. The van der Waals surface area contributed by atoms with Crippen molar-refractivity contribution in [2.45, 2.75) is 25.9 Å². The first kappa shape index (κ1) is 16.2. The van der Waals surface area contributed by atoms with Crippen molar-refractivity contribution in [1.29, 1.82) is 0 Å². The van der Waals surface area contributed by atoms with Gasteiger partial charge in [-0.15, -0.1) is 0 Å². The van der Waals surface area contributed by atoms with Crippen LogP contribution in [0.3, 0.4) is 0 Å². The Balaban J connectivity index is 1.67. The van der Waals surface area contributed by atoms with Crippen LogP contribution in [0.2, 0.25) is 0 Å². The van der Waals surface area contributed by atoms with Crippen LogP contribution in [-0.2, 0) is 4.79 Å². The second-order valence-electron chi connectivity index (χ2n) is 5.83. The van der Waals surface area contributed by atoms with E-state index in [1.54, 1.807) is 31.3 Å². The minimum absolute atomic E-state index is 0.336. The molecule has 5 nitrogen and oxygen atoms in total. The van der Waals surface area contributed by atoms with Gasteiger partial charge in [0.25, 0.3) is 5.91 Å². The van der Waals surface area contributed by atoms with E-state index in [1.807, 2.05) is 0 Å². The van der Waals surface area contributed by atoms with Crippen molar-refractivity contribution in [3.63, 3.8) is 0 Å². The van der Waals surface area contributed by atoms with E-state index in [1.165, 1.54) is 18.3 Å². The summed E-state index contributed by atoms with van der Waals surface area (Å²) in [6.45, 7) is 3.47. The number of pyridine rings is 1. The number of rotatable bonds is 5. The van der Waals surface area contributed by atoms with Crippen LogP contribution >= 0.6 is 0 Å². The summed E-state index contributed by atoms with van der Waals surface area (Å²) >= 11 is 0. The number of nitrogens with one attached hydrogen (secondary N) is 1. The highest BCUT2D eigenvalue weighted by molar-refractivity contribution is 5.94. The summed E-state index contributed by atoms with van der Waals surface area (Å²) in [6.07, 6.45) is 4.66. The van der Waals surface area contributed by atoms with Gasteiger partial charge < -0.3 is 15.0 Å². The SMILES string of the molecule is CC(Oc1cccnc1)C(=O)Nc1cc(F)cc(N2CCCC2)c1. The topological polar surface area (TPSA) is 54.5 Å². The maximum atomic E-state index is 13.9. The Kier molecular flexibility index (Phi) is 4.93. The van der Waals surface area contributed by atoms with Gasteiger partial charge in [0.2, 0.25) is 0 Å². The molecule has 1 saturated heterocycles. The van der Waals surface area contributed by atoms with Gasteiger partial charge in [-0.3, -0.25) is 9.78 Å². The zero-order valence-corrected chi connectivity index (χ0v) is 13.5. The van der Waals surface area contributed by atoms with Crippen LogP contribution in [0.25, 0.3) is 0 Å².